The first-order valence-corrected chi connectivity index (χ1v) is 9.19. The van der Waals surface area contributed by atoms with E-state index in [0.29, 0.717) is 23.5 Å². The van der Waals surface area contributed by atoms with Crippen LogP contribution in [0.2, 0.25) is 0 Å². The molecule has 0 heterocycles. The fraction of sp³-hybridized carbons (Fsp3) is 0.450. The van der Waals surface area contributed by atoms with Gasteiger partial charge in [-0.25, -0.2) is 0 Å². The number of rotatable bonds is 6. The number of hydrogen-bond donors (Lipinski definition) is 1. The molecule has 0 amide bonds. The first-order valence-electron chi connectivity index (χ1n) is 9.19. The summed E-state index contributed by atoms with van der Waals surface area (Å²) in [5.41, 5.74) is 5.59. The first kappa shape index (κ1) is 21.3. The lowest BCUT2D eigenvalue weighted by atomic mass is 9.71. The molecule has 0 aliphatic heterocycles. The third-order valence-corrected chi connectivity index (χ3v) is 5.52. The summed E-state index contributed by atoms with van der Waals surface area (Å²) in [7, 11) is 0. The molecule has 0 saturated heterocycles. The van der Waals surface area contributed by atoms with Crippen molar-refractivity contribution in [1.29, 1.82) is 0 Å². The number of anilines is 1. The van der Waals surface area contributed by atoms with Crippen LogP contribution in [0.3, 0.4) is 0 Å². The number of nitrogens with one attached hydrogen (secondary N) is 1. The van der Waals surface area contributed by atoms with Crippen molar-refractivity contribution >= 4 is 22.8 Å². The summed E-state index contributed by atoms with van der Waals surface area (Å²) in [5, 5.41) is 26.2. The molecule has 1 N–H and O–H groups in total. The van der Waals surface area contributed by atoms with Gasteiger partial charge in [0, 0.05) is 6.07 Å². The number of hydrazone groups is 1. The normalized spacial score (nSPS) is 23.2. The fourth-order valence-corrected chi connectivity index (χ4v) is 3.62. The first-order chi connectivity index (χ1) is 13.1. The summed E-state index contributed by atoms with van der Waals surface area (Å²) < 4.78 is 0. The standard InChI is InChI=1S/C20H26N4O4/c1-12-10-13(2)18(16(5)15(12)4)8-6-14(3)21-22-19-9-7-17(23(25)26)11-20(19)24(27)28/h6-9,11,13,16,18,22H,10H2,1-5H3/b8-6+,21-14-. The van der Waals surface area contributed by atoms with E-state index in [1.54, 1.807) is 6.92 Å². The molecular weight excluding hydrogens is 360 g/mol. The van der Waals surface area contributed by atoms with Gasteiger partial charge in [-0.15, -0.1) is 0 Å². The maximum Gasteiger partial charge on any atom is 0.301 e. The van der Waals surface area contributed by atoms with Crippen LogP contribution in [0.25, 0.3) is 0 Å². The van der Waals surface area contributed by atoms with Crippen molar-refractivity contribution in [2.24, 2.45) is 22.9 Å². The van der Waals surface area contributed by atoms with Gasteiger partial charge in [-0.1, -0.05) is 31.1 Å². The molecule has 1 aliphatic rings. The molecule has 1 aromatic rings. The number of allylic oxidation sites excluding steroid dienone is 4. The van der Waals surface area contributed by atoms with E-state index >= 15 is 0 Å². The Morgan fingerprint density at radius 1 is 1.21 bits per heavy atom. The van der Waals surface area contributed by atoms with E-state index in [2.05, 4.69) is 44.3 Å². The Morgan fingerprint density at radius 3 is 2.50 bits per heavy atom. The molecule has 3 unspecified atom stereocenters. The van der Waals surface area contributed by atoms with Gasteiger partial charge in [-0.2, -0.15) is 5.10 Å². The van der Waals surface area contributed by atoms with Gasteiger partial charge in [0.05, 0.1) is 21.6 Å². The van der Waals surface area contributed by atoms with Crippen LogP contribution in [0.15, 0.2) is 46.6 Å². The zero-order chi connectivity index (χ0) is 21.0. The monoisotopic (exact) mass is 386 g/mol. The van der Waals surface area contributed by atoms with Crippen molar-refractivity contribution in [3.05, 3.63) is 61.7 Å². The Hall–Kier alpha value is -3.03. The molecule has 0 radical (unpaired) electrons. The van der Waals surface area contributed by atoms with Crippen LogP contribution < -0.4 is 5.43 Å². The Morgan fingerprint density at radius 2 is 1.89 bits per heavy atom. The molecule has 8 heteroatoms. The Bertz CT molecular complexity index is 873. The molecular formula is C20H26N4O4. The molecule has 8 nitrogen and oxygen atoms in total. The fourth-order valence-electron chi connectivity index (χ4n) is 3.62. The highest BCUT2D eigenvalue weighted by Crippen LogP contribution is 2.39. The van der Waals surface area contributed by atoms with E-state index in [-0.39, 0.29) is 17.1 Å². The van der Waals surface area contributed by atoms with Gasteiger partial charge >= 0.3 is 5.69 Å². The second-order valence-electron chi connectivity index (χ2n) is 7.45. The second-order valence-corrected chi connectivity index (χ2v) is 7.45. The maximum atomic E-state index is 11.2. The number of non-ortho nitro benzene ring substituents is 1. The van der Waals surface area contributed by atoms with Crippen LogP contribution >= 0.6 is 0 Å². The maximum absolute atomic E-state index is 11.2. The van der Waals surface area contributed by atoms with E-state index in [9.17, 15) is 20.2 Å². The number of nitrogens with zero attached hydrogens (tertiary/aromatic N) is 3. The molecule has 0 spiro atoms. The molecule has 0 fully saturated rings. The van der Waals surface area contributed by atoms with Crippen LogP contribution in [0, 0.1) is 38.0 Å². The highest BCUT2D eigenvalue weighted by atomic mass is 16.6. The average molecular weight is 386 g/mol. The number of benzene rings is 1. The predicted octanol–water partition coefficient (Wildman–Crippen LogP) is 5.48. The van der Waals surface area contributed by atoms with Crippen molar-refractivity contribution < 1.29 is 9.85 Å². The van der Waals surface area contributed by atoms with Gasteiger partial charge in [0.2, 0.25) is 0 Å². The molecule has 1 aliphatic carbocycles. The largest absolute Gasteiger partial charge is 0.301 e. The van der Waals surface area contributed by atoms with E-state index in [0.717, 1.165) is 12.5 Å². The number of hydrogen-bond acceptors (Lipinski definition) is 6. The topological polar surface area (TPSA) is 111 Å². The zero-order valence-corrected chi connectivity index (χ0v) is 16.8. The van der Waals surface area contributed by atoms with Crippen molar-refractivity contribution in [3.63, 3.8) is 0 Å². The van der Waals surface area contributed by atoms with E-state index in [1.807, 2.05) is 6.08 Å². The molecule has 28 heavy (non-hydrogen) atoms. The Balaban J connectivity index is 2.16. The van der Waals surface area contributed by atoms with E-state index in [4.69, 9.17) is 0 Å². The lowest BCUT2D eigenvalue weighted by Crippen LogP contribution is -2.24. The lowest BCUT2D eigenvalue weighted by molar-refractivity contribution is -0.393. The SMILES string of the molecule is CC1=C(C)C(C)C(/C=C/C(C)=N\Nc2ccc([N+](=O)[O-])cc2[N+](=O)[O-])C(C)C1. The van der Waals surface area contributed by atoms with Crippen LogP contribution in [-0.4, -0.2) is 15.6 Å². The molecule has 0 saturated carbocycles. The summed E-state index contributed by atoms with van der Waals surface area (Å²) in [6, 6.07) is 3.42. The highest BCUT2D eigenvalue weighted by Gasteiger charge is 2.28. The number of nitro benzene ring substituents is 2. The Kier molecular flexibility index (Phi) is 6.66. The summed E-state index contributed by atoms with van der Waals surface area (Å²) in [6.45, 7) is 10.6. The number of nitro groups is 2. The van der Waals surface area contributed by atoms with E-state index < -0.39 is 9.85 Å². The quantitative estimate of drug-likeness (QED) is 0.301. The Labute approximate surface area is 164 Å². The molecule has 150 valence electrons. The summed E-state index contributed by atoms with van der Waals surface area (Å²) >= 11 is 0. The van der Waals surface area contributed by atoms with Crippen molar-refractivity contribution in [2.45, 2.75) is 41.0 Å². The third kappa shape index (κ3) is 4.82. The minimum atomic E-state index is -0.668. The minimum absolute atomic E-state index is 0.108. The van der Waals surface area contributed by atoms with Gasteiger partial charge < -0.3 is 0 Å². The van der Waals surface area contributed by atoms with Crippen LogP contribution in [0.1, 0.15) is 41.0 Å². The zero-order valence-electron chi connectivity index (χ0n) is 16.8. The lowest BCUT2D eigenvalue weighted by Gasteiger charge is -2.34. The molecule has 1 aromatic carbocycles. The van der Waals surface area contributed by atoms with Crippen molar-refractivity contribution in [1.82, 2.24) is 0 Å². The van der Waals surface area contributed by atoms with Gasteiger partial charge in [-0.05, 0) is 57.1 Å². The average Bonchev–Trinajstić information content (AvgIpc) is 2.64. The van der Waals surface area contributed by atoms with Gasteiger partial charge in [0.1, 0.15) is 5.69 Å². The van der Waals surface area contributed by atoms with Gasteiger partial charge in [0.15, 0.2) is 0 Å². The molecule has 3 atom stereocenters. The van der Waals surface area contributed by atoms with Crippen molar-refractivity contribution in [3.8, 4) is 0 Å². The summed E-state index contributed by atoms with van der Waals surface area (Å²) in [4.78, 5) is 20.7. The summed E-state index contributed by atoms with van der Waals surface area (Å²) in [6.07, 6.45) is 5.14. The van der Waals surface area contributed by atoms with Gasteiger partial charge in [-0.3, -0.25) is 25.7 Å². The van der Waals surface area contributed by atoms with Gasteiger partial charge in [0.25, 0.3) is 5.69 Å². The molecule has 2 rings (SSSR count). The van der Waals surface area contributed by atoms with Crippen LogP contribution in [-0.2, 0) is 0 Å². The minimum Gasteiger partial charge on any atom is -0.271 e. The highest BCUT2D eigenvalue weighted by molar-refractivity contribution is 5.93. The van der Waals surface area contributed by atoms with Crippen LogP contribution in [0.5, 0.6) is 0 Å². The van der Waals surface area contributed by atoms with Crippen molar-refractivity contribution in [2.75, 3.05) is 5.43 Å². The predicted molar refractivity (Wildman–Crippen MR) is 110 cm³/mol. The van der Waals surface area contributed by atoms with Crippen LogP contribution in [0.4, 0.5) is 17.1 Å². The third-order valence-electron chi connectivity index (χ3n) is 5.52. The smallest absolute Gasteiger partial charge is 0.271 e. The summed E-state index contributed by atoms with van der Waals surface area (Å²) in [5.74, 6) is 1.39. The molecule has 0 bridgehead atoms. The molecule has 0 aromatic heterocycles. The second kappa shape index (κ2) is 8.77. The van der Waals surface area contributed by atoms with E-state index in [1.165, 1.54) is 23.3 Å².